The molecule has 1 unspecified atom stereocenters. The number of unbranched alkanes of at least 4 members (excludes halogenated alkanes) is 3. The van der Waals surface area contributed by atoms with E-state index >= 15 is 0 Å². The molecule has 2 N–H and O–H groups in total. The lowest BCUT2D eigenvalue weighted by Gasteiger charge is -2.13. The maximum Gasteiger partial charge on any atom is 0.352 e. The Morgan fingerprint density at radius 1 is 1.22 bits per heavy atom. The smallest absolute Gasteiger partial charge is 0.352 e. The van der Waals surface area contributed by atoms with Crippen molar-refractivity contribution in [3.8, 4) is 0 Å². The zero-order valence-corrected chi connectivity index (χ0v) is 14.4. The molecule has 2 aliphatic rings. The molecule has 0 aromatic carbocycles. The number of hydrogen-bond acceptors (Lipinski definition) is 3. The molecule has 1 saturated carbocycles. The largest absolute Gasteiger partial charge is 0.477 e. The zero-order valence-electron chi connectivity index (χ0n) is 14.4. The highest BCUT2D eigenvalue weighted by atomic mass is 16.4. The number of carbonyl (C=O) groups is 2. The number of carboxylic acid groups (broad SMARTS) is 1. The van der Waals surface area contributed by atoms with Gasteiger partial charge in [0.2, 0.25) is 5.91 Å². The second-order valence-electron chi connectivity index (χ2n) is 7.56. The Morgan fingerprint density at radius 2 is 1.87 bits per heavy atom. The van der Waals surface area contributed by atoms with Crippen LogP contribution in [0.15, 0.2) is 11.8 Å². The van der Waals surface area contributed by atoms with Crippen molar-refractivity contribution in [2.24, 2.45) is 11.3 Å². The molecule has 23 heavy (non-hydrogen) atoms. The second kappa shape index (κ2) is 7.95. The highest BCUT2D eigenvalue weighted by molar-refractivity contribution is 5.94. The first-order valence-electron chi connectivity index (χ1n) is 8.87. The van der Waals surface area contributed by atoms with E-state index in [-0.39, 0.29) is 22.9 Å². The molecule has 2 fully saturated rings. The molecule has 1 aliphatic heterocycles. The average molecular weight is 322 g/mol. The maximum absolute atomic E-state index is 12.0. The SMILES string of the molecule is CC1(C)CC1C(=O)N/C(=C\CCCCCN1CCCC1)C(=O)O. The molecule has 2 rings (SSSR count). The average Bonchev–Trinajstić information content (AvgIpc) is 2.88. The summed E-state index contributed by atoms with van der Waals surface area (Å²) in [5.74, 6) is -1.25. The van der Waals surface area contributed by atoms with E-state index in [1.54, 1.807) is 6.08 Å². The zero-order chi connectivity index (χ0) is 16.9. The van der Waals surface area contributed by atoms with Crippen molar-refractivity contribution in [2.45, 2.75) is 58.8 Å². The molecule has 0 spiro atoms. The summed E-state index contributed by atoms with van der Waals surface area (Å²) in [7, 11) is 0. The predicted octanol–water partition coefficient (Wildman–Crippen LogP) is 2.77. The first kappa shape index (κ1) is 18.0. The van der Waals surface area contributed by atoms with Crippen LogP contribution in [0.4, 0.5) is 0 Å². The van der Waals surface area contributed by atoms with Crippen LogP contribution in [0.5, 0.6) is 0 Å². The molecule has 5 nitrogen and oxygen atoms in total. The first-order chi connectivity index (χ1) is 10.9. The fraction of sp³-hybridized carbons (Fsp3) is 0.778. The van der Waals surface area contributed by atoms with Crippen LogP contribution in [0.2, 0.25) is 0 Å². The quantitative estimate of drug-likeness (QED) is 0.506. The molecule has 1 aliphatic carbocycles. The summed E-state index contributed by atoms with van der Waals surface area (Å²) >= 11 is 0. The number of carbonyl (C=O) groups excluding carboxylic acids is 1. The van der Waals surface area contributed by atoms with Gasteiger partial charge in [0, 0.05) is 5.92 Å². The summed E-state index contributed by atoms with van der Waals surface area (Å²) in [6, 6.07) is 0. The van der Waals surface area contributed by atoms with E-state index in [0.717, 1.165) is 25.8 Å². The van der Waals surface area contributed by atoms with Gasteiger partial charge in [-0.3, -0.25) is 4.79 Å². The Kier molecular flexibility index (Phi) is 6.22. The Balaban J connectivity index is 1.65. The van der Waals surface area contributed by atoms with Crippen LogP contribution in [-0.2, 0) is 9.59 Å². The van der Waals surface area contributed by atoms with Crippen LogP contribution in [0, 0.1) is 11.3 Å². The molecule has 0 aromatic rings. The minimum absolute atomic E-state index is 0.0171. The Morgan fingerprint density at radius 3 is 2.43 bits per heavy atom. The summed E-state index contributed by atoms with van der Waals surface area (Å²) in [5.41, 5.74) is 0.0562. The van der Waals surface area contributed by atoms with Crippen molar-refractivity contribution >= 4 is 11.9 Å². The van der Waals surface area contributed by atoms with Crippen molar-refractivity contribution in [3.05, 3.63) is 11.8 Å². The number of hydrogen-bond donors (Lipinski definition) is 2. The molecular weight excluding hydrogens is 292 g/mol. The van der Waals surface area contributed by atoms with Crippen LogP contribution < -0.4 is 5.32 Å². The van der Waals surface area contributed by atoms with Crippen molar-refractivity contribution in [3.63, 3.8) is 0 Å². The van der Waals surface area contributed by atoms with E-state index in [9.17, 15) is 14.7 Å². The van der Waals surface area contributed by atoms with E-state index < -0.39 is 5.97 Å². The molecule has 1 heterocycles. The third kappa shape index (κ3) is 5.65. The summed E-state index contributed by atoms with van der Waals surface area (Å²) in [6.45, 7) is 7.67. The number of aliphatic carboxylic acids is 1. The molecular formula is C18H30N2O3. The highest BCUT2D eigenvalue weighted by Gasteiger charge is 2.50. The fourth-order valence-electron chi connectivity index (χ4n) is 3.24. The van der Waals surface area contributed by atoms with Gasteiger partial charge in [-0.1, -0.05) is 26.3 Å². The fourth-order valence-corrected chi connectivity index (χ4v) is 3.24. The topological polar surface area (TPSA) is 69.6 Å². The first-order valence-corrected chi connectivity index (χ1v) is 8.87. The van der Waals surface area contributed by atoms with Gasteiger partial charge in [-0.2, -0.15) is 0 Å². The summed E-state index contributed by atoms with van der Waals surface area (Å²) in [6.07, 6.45) is 9.08. The second-order valence-corrected chi connectivity index (χ2v) is 7.56. The van der Waals surface area contributed by atoms with Crippen molar-refractivity contribution in [2.75, 3.05) is 19.6 Å². The number of amides is 1. The molecule has 0 bridgehead atoms. The molecule has 0 radical (unpaired) electrons. The molecule has 130 valence electrons. The minimum atomic E-state index is -1.05. The van der Waals surface area contributed by atoms with Crippen molar-refractivity contribution < 1.29 is 14.7 Å². The molecule has 0 aromatic heterocycles. The van der Waals surface area contributed by atoms with Gasteiger partial charge in [-0.25, -0.2) is 4.79 Å². The van der Waals surface area contributed by atoms with Crippen LogP contribution >= 0.6 is 0 Å². The third-order valence-corrected chi connectivity index (χ3v) is 5.04. The number of likely N-dealkylation sites (tertiary alicyclic amines) is 1. The Bertz CT molecular complexity index is 465. The lowest BCUT2D eigenvalue weighted by molar-refractivity contribution is -0.135. The number of nitrogens with zero attached hydrogens (tertiary/aromatic N) is 1. The molecule has 1 saturated heterocycles. The van der Waals surface area contributed by atoms with Gasteiger partial charge >= 0.3 is 5.97 Å². The summed E-state index contributed by atoms with van der Waals surface area (Å²) in [4.78, 5) is 25.7. The van der Waals surface area contributed by atoms with Crippen LogP contribution in [0.25, 0.3) is 0 Å². The van der Waals surface area contributed by atoms with Gasteiger partial charge in [0.15, 0.2) is 0 Å². The minimum Gasteiger partial charge on any atom is -0.477 e. The predicted molar refractivity (Wildman–Crippen MR) is 89.9 cm³/mol. The number of nitrogens with one attached hydrogen (secondary N) is 1. The normalized spacial score (nSPS) is 23.7. The number of allylic oxidation sites excluding steroid dienone is 1. The van der Waals surface area contributed by atoms with E-state index in [4.69, 9.17) is 0 Å². The van der Waals surface area contributed by atoms with Gasteiger partial charge < -0.3 is 15.3 Å². The van der Waals surface area contributed by atoms with E-state index in [2.05, 4.69) is 10.2 Å². The third-order valence-electron chi connectivity index (χ3n) is 5.04. The van der Waals surface area contributed by atoms with Gasteiger partial charge in [0.1, 0.15) is 5.70 Å². The lowest BCUT2D eigenvalue weighted by atomic mass is 10.1. The molecule has 1 atom stereocenters. The van der Waals surface area contributed by atoms with Crippen LogP contribution in [0.3, 0.4) is 0 Å². The molecule has 5 heteroatoms. The lowest BCUT2D eigenvalue weighted by Crippen LogP contribution is -2.29. The van der Waals surface area contributed by atoms with Crippen LogP contribution in [-0.4, -0.2) is 41.5 Å². The molecule has 1 amide bonds. The monoisotopic (exact) mass is 322 g/mol. The summed E-state index contributed by atoms with van der Waals surface area (Å²) in [5, 5.41) is 11.8. The maximum atomic E-state index is 12.0. The number of rotatable bonds is 9. The van der Waals surface area contributed by atoms with Gasteiger partial charge in [0.25, 0.3) is 0 Å². The van der Waals surface area contributed by atoms with Gasteiger partial charge in [-0.05, 0) is 63.6 Å². The standard InChI is InChI=1S/C18H30N2O3/c1-18(2)13-14(18)16(21)19-15(17(22)23)9-5-3-4-6-10-20-11-7-8-12-20/h9,14H,3-8,10-13H2,1-2H3,(H,19,21)(H,22,23)/b15-9-. The van der Waals surface area contributed by atoms with E-state index in [0.29, 0.717) is 6.42 Å². The Hall–Kier alpha value is -1.36. The van der Waals surface area contributed by atoms with E-state index in [1.807, 2.05) is 13.8 Å². The van der Waals surface area contributed by atoms with Crippen molar-refractivity contribution in [1.29, 1.82) is 0 Å². The summed E-state index contributed by atoms with van der Waals surface area (Å²) < 4.78 is 0. The van der Waals surface area contributed by atoms with Crippen LogP contribution in [0.1, 0.15) is 58.8 Å². The highest BCUT2D eigenvalue weighted by Crippen LogP contribution is 2.51. The van der Waals surface area contributed by atoms with Gasteiger partial charge in [-0.15, -0.1) is 0 Å². The van der Waals surface area contributed by atoms with Gasteiger partial charge in [0.05, 0.1) is 0 Å². The van der Waals surface area contributed by atoms with Crippen molar-refractivity contribution in [1.82, 2.24) is 10.2 Å². The number of carboxylic acids is 1. The van der Waals surface area contributed by atoms with E-state index in [1.165, 1.54) is 32.4 Å². The Labute approximate surface area is 139 Å².